The molecule has 1 aliphatic rings. The number of benzene rings is 1. The molecule has 1 aromatic heterocycles. The van der Waals surface area contributed by atoms with Crippen molar-refractivity contribution in [3.05, 3.63) is 34.5 Å². The van der Waals surface area contributed by atoms with E-state index in [1.165, 1.54) is 30.8 Å². The molecule has 1 heterocycles. The average molecular weight is 397 g/mol. The Hall–Kier alpha value is -2.39. The normalized spacial score (nSPS) is 16.1. The van der Waals surface area contributed by atoms with Crippen LogP contribution in [0.4, 0.5) is 5.69 Å². The Morgan fingerprint density at radius 2 is 1.93 bits per heavy atom. The van der Waals surface area contributed by atoms with Gasteiger partial charge in [0.05, 0.1) is 17.7 Å². The van der Waals surface area contributed by atoms with Crippen molar-refractivity contribution in [1.82, 2.24) is 9.27 Å². The molecular formula is C22H28N4OS. The lowest BCUT2D eigenvalue weighted by molar-refractivity contribution is 0.313. The van der Waals surface area contributed by atoms with Crippen molar-refractivity contribution < 1.29 is 4.74 Å². The number of aromatic nitrogens is 1. The molecule has 5 nitrogen and oxygen atoms in total. The monoisotopic (exact) mass is 396 g/mol. The van der Waals surface area contributed by atoms with Crippen LogP contribution in [0.1, 0.15) is 61.4 Å². The molecule has 2 aromatic rings. The maximum Gasteiger partial charge on any atom is 0.218 e. The topological polar surface area (TPSA) is 61.5 Å². The SMILES string of the molecule is Cc1cc(Oc2snc(C3(C)CCCCC3)c2C#N)c(C)cc1N=CN(C)C. The van der Waals surface area contributed by atoms with Crippen molar-refractivity contribution in [2.75, 3.05) is 14.1 Å². The fourth-order valence-corrected chi connectivity index (χ4v) is 4.57. The Balaban J connectivity index is 1.90. The summed E-state index contributed by atoms with van der Waals surface area (Å²) in [4.78, 5) is 6.41. The van der Waals surface area contributed by atoms with Crippen LogP contribution in [0.2, 0.25) is 0 Å². The van der Waals surface area contributed by atoms with Crippen molar-refractivity contribution >= 4 is 23.6 Å². The highest BCUT2D eigenvalue weighted by atomic mass is 32.1. The van der Waals surface area contributed by atoms with Crippen LogP contribution in [0, 0.1) is 25.2 Å². The summed E-state index contributed by atoms with van der Waals surface area (Å²) in [5, 5.41) is 10.4. The van der Waals surface area contributed by atoms with E-state index in [0.29, 0.717) is 10.6 Å². The standard InChI is InChI=1S/C22H28N4OS/c1-15-12-19(16(2)11-18(15)24-14-26(4)5)27-21-17(13-23)20(25-28-21)22(3)9-7-6-8-10-22/h11-12,14H,6-10H2,1-5H3. The predicted octanol–water partition coefficient (Wildman–Crippen LogP) is 5.87. The van der Waals surface area contributed by atoms with Crippen molar-refractivity contribution in [2.24, 2.45) is 4.99 Å². The average Bonchev–Trinajstić information content (AvgIpc) is 3.07. The highest BCUT2D eigenvalue weighted by molar-refractivity contribution is 7.08. The van der Waals surface area contributed by atoms with Crippen molar-refractivity contribution in [1.29, 1.82) is 5.26 Å². The van der Waals surface area contributed by atoms with Gasteiger partial charge in [-0.1, -0.05) is 26.2 Å². The van der Waals surface area contributed by atoms with E-state index in [1.807, 2.05) is 45.0 Å². The number of hydrogen-bond donors (Lipinski definition) is 0. The molecule has 28 heavy (non-hydrogen) atoms. The maximum atomic E-state index is 9.81. The van der Waals surface area contributed by atoms with E-state index < -0.39 is 0 Å². The van der Waals surface area contributed by atoms with Gasteiger partial charge < -0.3 is 9.64 Å². The lowest BCUT2D eigenvalue weighted by atomic mass is 9.72. The van der Waals surface area contributed by atoms with Crippen LogP contribution in [-0.2, 0) is 5.41 Å². The molecule has 0 N–H and O–H groups in total. The summed E-state index contributed by atoms with van der Waals surface area (Å²) in [5.41, 5.74) is 4.42. The van der Waals surface area contributed by atoms with Crippen LogP contribution in [0.3, 0.4) is 0 Å². The molecule has 148 valence electrons. The number of hydrogen-bond acceptors (Lipinski definition) is 5. The number of rotatable bonds is 5. The molecule has 0 saturated heterocycles. The number of ether oxygens (including phenoxy) is 1. The first-order chi connectivity index (χ1) is 13.3. The molecule has 0 spiro atoms. The van der Waals surface area contributed by atoms with Crippen molar-refractivity contribution in [3.8, 4) is 16.9 Å². The molecule has 6 heteroatoms. The third-order valence-electron chi connectivity index (χ3n) is 5.43. The first kappa shape index (κ1) is 20.3. The maximum absolute atomic E-state index is 9.81. The fraction of sp³-hybridized carbons (Fsp3) is 0.500. The summed E-state index contributed by atoms with van der Waals surface area (Å²) in [5.74, 6) is 0.752. The second-order valence-electron chi connectivity index (χ2n) is 8.14. The largest absolute Gasteiger partial charge is 0.443 e. The summed E-state index contributed by atoms with van der Waals surface area (Å²) in [6.07, 6.45) is 7.62. The lowest BCUT2D eigenvalue weighted by Crippen LogP contribution is -2.26. The Morgan fingerprint density at radius 3 is 2.57 bits per heavy atom. The van der Waals surface area contributed by atoms with Gasteiger partial charge in [0.1, 0.15) is 17.4 Å². The molecule has 1 saturated carbocycles. The predicted molar refractivity (Wildman–Crippen MR) is 115 cm³/mol. The smallest absolute Gasteiger partial charge is 0.218 e. The molecule has 1 aromatic carbocycles. The van der Waals surface area contributed by atoms with Gasteiger partial charge >= 0.3 is 0 Å². The van der Waals surface area contributed by atoms with Crippen LogP contribution in [0.25, 0.3) is 0 Å². The summed E-state index contributed by atoms with van der Waals surface area (Å²) in [7, 11) is 3.89. The van der Waals surface area contributed by atoms with Gasteiger partial charge in [-0.05, 0) is 49.9 Å². The molecule has 3 rings (SSSR count). The highest BCUT2D eigenvalue weighted by Gasteiger charge is 2.35. The quantitative estimate of drug-likeness (QED) is 0.468. The van der Waals surface area contributed by atoms with Gasteiger partial charge in [-0.2, -0.15) is 9.64 Å². The van der Waals surface area contributed by atoms with Crippen LogP contribution < -0.4 is 4.74 Å². The highest BCUT2D eigenvalue weighted by Crippen LogP contribution is 2.44. The number of aryl methyl sites for hydroxylation is 2. The van der Waals surface area contributed by atoms with Gasteiger partial charge in [0, 0.05) is 31.0 Å². The molecule has 0 amide bonds. The zero-order valence-corrected chi connectivity index (χ0v) is 18.2. The minimum Gasteiger partial charge on any atom is -0.443 e. The van der Waals surface area contributed by atoms with E-state index in [9.17, 15) is 5.26 Å². The molecule has 0 unspecified atom stereocenters. The first-order valence-corrected chi connectivity index (χ1v) is 10.5. The van der Waals surface area contributed by atoms with Gasteiger partial charge in [0.25, 0.3) is 0 Å². The lowest BCUT2D eigenvalue weighted by Gasteiger charge is -2.32. The summed E-state index contributed by atoms with van der Waals surface area (Å²) < 4.78 is 10.8. The Labute approximate surface area is 171 Å². The van der Waals surface area contributed by atoms with Crippen LogP contribution in [0.15, 0.2) is 17.1 Å². The van der Waals surface area contributed by atoms with Gasteiger partial charge in [-0.15, -0.1) is 0 Å². The van der Waals surface area contributed by atoms with Crippen LogP contribution >= 0.6 is 11.5 Å². The zero-order chi connectivity index (χ0) is 20.3. The van der Waals surface area contributed by atoms with E-state index in [4.69, 9.17) is 4.74 Å². The summed E-state index contributed by atoms with van der Waals surface area (Å²) >= 11 is 1.29. The summed E-state index contributed by atoms with van der Waals surface area (Å²) in [6.45, 7) is 6.25. The minimum absolute atomic E-state index is 0.0167. The molecule has 1 fully saturated rings. The third kappa shape index (κ3) is 4.20. The van der Waals surface area contributed by atoms with E-state index >= 15 is 0 Å². The molecule has 0 aliphatic heterocycles. The minimum atomic E-state index is -0.0167. The number of nitriles is 1. The third-order valence-corrected chi connectivity index (χ3v) is 6.15. The Bertz CT molecular complexity index is 917. The van der Waals surface area contributed by atoms with Crippen LogP contribution in [0.5, 0.6) is 10.8 Å². The van der Waals surface area contributed by atoms with Gasteiger partial charge in [0.15, 0.2) is 0 Å². The van der Waals surface area contributed by atoms with Gasteiger partial charge in [0.2, 0.25) is 5.06 Å². The molecule has 0 bridgehead atoms. The molecule has 0 atom stereocenters. The summed E-state index contributed by atoms with van der Waals surface area (Å²) in [6, 6.07) is 6.36. The Morgan fingerprint density at radius 1 is 1.21 bits per heavy atom. The molecule has 1 aliphatic carbocycles. The second-order valence-corrected chi connectivity index (χ2v) is 8.88. The van der Waals surface area contributed by atoms with Crippen molar-refractivity contribution in [2.45, 2.75) is 58.3 Å². The van der Waals surface area contributed by atoms with E-state index in [0.717, 1.165) is 41.1 Å². The molecular weight excluding hydrogens is 368 g/mol. The van der Waals surface area contributed by atoms with Crippen LogP contribution in [-0.4, -0.2) is 29.7 Å². The number of aliphatic imine (C=N–C) groups is 1. The number of nitrogens with zero attached hydrogens (tertiary/aromatic N) is 4. The van der Waals surface area contributed by atoms with Gasteiger partial charge in [-0.3, -0.25) is 0 Å². The fourth-order valence-electron chi connectivity index (χ4n) is 3.73. The zero-order valence-electron chi connectivity index (χ0n) is 17.4. The molecule has 0 radical (unpaired) electrons. The second kappa shape index (κ2) is 8.32. The van der Waals surface area contributed by atoms with Gasteiger partial charge in [-0.25, -0.2) is 4.99 Å². The van der Waals surface area contributed by atoms with E-state index in [1.54, 1.807) is 6.34 Å². The van der Waals surface area contributed by atoms with E-state index in [2.05, 4.69) is 22.4 Å². The van der Waals surface area contributed by atoms with E-state index in [-0.39, 0.29) is 5.41 Å². The Kier molecular flexibility index (Phi) is 6.04. The van der Waals surface area contributed by atoms with Crippen molar-refractivity contribution in [3.63, 3.8) is 0 Å². The first-order valence-electron chi connectivity index (χ1n) is 9.74.